The van der Waals surface area contributed by atoms with Crippen molar-refractivity contribution in [3.63, 3.8) is 0 Å². The van der Waals surface area contributed by atoms with Gasteiger partial charge in [0.2, 0.25) is 0 Å². The van der Waals surface area contributed by atoms with Crippen molar-refractivity contribution in [3.8, 4) is 0 Å². The number of aliphatic hydroxyl groups is 1. The minimum absolute atomic E-state index is 0.0342. The topological polar surface area (TPSA) is 58.6 Å². The predicted octanol–water partition coefficient (Wildman–Crippen LogP) is 1.76. The number of hydrogen-bond acceptors (Lipinski definition) is 3. The van der Waals surface area contributed by atoms with Gasteiger partial charge in [0.1, 0.15) is 0 Å². The number of nitrogens with zero attached hydrogens (tertiary/aromatic N) is 1. The molecule has 0 radical (unpaired) electrons. The first kappa shape index (κ1) is 12.4. The van der Waals surface area contributed by atoms with E-state index >= 15 is 0 Å². The largest absolute Gasteiger partial charge is 0.390 e. The zero-order valence-electron chi connectivity index (χ0n) is 9.17. The maximum Gasteiger partial charge on any atom is 0.0836 e. The first-order chi connectivity index (χ1) is 6.00. The van der Waals surface area contributed by atoms with Gasteiger partial charge >= 0.3 is 0 Å². The number of rotatable bonds is 5. The maximum absolute atomic E-state index is 9.09. The molecular formula is C10H22N2O. The Hall–Kier alpha value is -0.570. The quantitative estimate of drug-likeness (QED) is 0.390. The van der Waals surface area contributed by atoms with Crippen molar-refractivity contribution >= 4 is 5.71 Å². The lowest BCUT2D eigenvalue weighted by molar-refractivity contribution is 0.300. The first-order valence-electron chi connectivity index (χ1n) is 4.88. The summed E-state index contributed by atoms with van der Waals surface area (Å²) in [5.41, 5.74) is 0.668. The number of hydrogen-bond donors (Lipinski definition) is 2. The van der Waals surface area contributed by atoms with Crippen LogP contribution in [0.2, 0.25) is 0 Å². The minimum atomic E-state index is -0.0440. The molecule has 0 fully saturated rings. The molecule has 78 valence electrons. The SMILES string of the molecule is CCC(C)(CC(C)C)/C(CO)=N\N. The average molecular weight is 186 g/mol. The van der Waals surface area contributed by atoms with Crippen LogP contribution in [0.1, 0.15) is 40.5 Å². The van der Waals surface area contributed by atoms with Crippen LogP contribution in [0.5, 0.6) is 0 Å². The van der Waals surface area contributed by atoms with E-state index in [0.717, 1.165) is 12.8 Å². The second-order valence-electron chi connectivity index (χ2n) is 4.25. The molecule has 1 atom stereocenters. The summed E-state index contributed by atoms with van der Waals surface area (Å²) < 4.78 is 0. The van der Waals surface area contributed by atoms with Crippen LogP contribution in [0.3, 0.4) is 0 Å². The molecule has 0 saturated carbocycles. The number of hydrazone groups is 1. The van der Waals surface area contributed by atoms with E-state index in [2.05, 4.69) is 32.8 Å². The molecule has 1 unspecified atom stereocenters. The standard InChI is InChI=1S/C10H22N2O/c1-5-10(4,6-8(2)3)9(7-13)12-11/h8,13H,5-7,11H2,1-4H3/b12-9-. The monoisotopic (exact) mass is 186 g/mol. The van der Waals surface area contributed by atoms with E-state index in [1.165, 1.54) is 0 Å². The van der Waals surface area contributed by atoms with Crippen molar-refractivity contribution in [2.45, 2.75) is 40.5 Å². The van der Waals surface area contributed by atoms with Gasteiger partial charge in [-0.1, -0.05) is 27.7 Å². The Morgan fingerprint density at radius 3 is 2.31 bits per heavy atom. The minimum Gasteiger partial charge on any atom is -0.390 e. The van der Waals surface area contributed by atoms with Crippen LogP contribution in [0, 0.1) is 11.3 Å². The Bertz CT molecular complexity index is 178. The Morgan fingerprint density at radius 1 is 1.54 bits per heavy atom. The van der Waals surface area contributed by atoms with E-state index in [4.69, 9.17) is 10.9 Å². The molecule has 0 aliphatic rings. The fourth-order valence-electron chi connectivity index (χ4n) is 1.75. The fourth-order valence-corrected chi connectivity index (χ4v) is 1.75. The van der Waals surface area contributed by atoms with Crippen LogP contribution in [0.4, 0.5) is 0 Å². The van der Waals surface area contributed by atoms with Crippen LogP contribution in [0.15, 0.2) is 5.10 Å². The molecule has 0 saturated heterocycles. The fraction of sp³-hybridized carbons (Fsp3) is 0.900. The van der Waals surface area contributed by atoms with Crippen LogP contribution in [0.25, 0.3) is 0 Å². The lowest BCUT2D eigenvalue weighted by atomic mass is 9.76. The zero-order valence-corrected chi connectivity index (χ0v) is 9.17. The van der Waals surface area contributed by atoms with Gasteiger partial charge in [-0.05, 0) is 18.8 Å². The smallest absolute Gasteiger partial charge is 0.0836 e. The summed E-state index contributed by atoms with van der Waals surface area (Å²) in [6, 6.07) is 0. The van der Waals surface area contributed by atoms with E-state index in [-0.39, 0.29) is 12.0 Å². The highest BCUT2D eigenvalue weighted by molar-refractivity contribution is 5.90. The van der Waals surface area contributed by atoms with E-state index < -0.39 is 0 Å². The van der Waals surface area contributed by atoms with Gasteiger partial charge in [0, 0.05) is 5.41 Å². The molecule has 0 spiro atoms. The van der Waals surface area contributed by atoms with Crippen molar-refractivity contribution in [2.24, 2.45) is 22.3 Å². The molecule has 0 aromatic carbocycles. The Morgan fingerprint density at radius 2 is 2.08 bits per heavy atom. The van der Waals surface area contributed by atoms with Crippen LogP contribution < -0.4 is 5.84 Å². The van der Waals surface area contributed by atoms with Gasteiger partial charge < -0.3 is 10.9 Å². The van der Waals surface area contributed by atoms with Gasteiger partial charge in [-0.15, -0.1) is 0 Å². The van der Waals surface area contributed by atoms with Crippen molar-refractivity contribution in [3.05, 3.63) is 0 Å². The zero-order chi connectivity index (χ0) is 10.5. The summed E-state index contributed by atoms with van der Waals surface area (Å²) in [6.45, 7) is 8.50. The van der Waals surface area contributed by atoms with E-state index in [1.54, 1.807) is 0 Å². The molecule has 3 heteroatoms. The van der Waals surface area contributed by atoms with Crippen molar-refractivity contribution < 1.29 is 5.11 Å². The van der Waals surface area contributed by atoms with Crippen LogP contribution in [-0.4, -0.2) is 17.4 Å². The lowest BCUT2D eigenvalue weighted by Crippen LogP contribution is -2.32. The maximum atomic E-state index is 9.09. The summed E-state index contributed by atoms with van der Waals surface area (Å²) in [4.78, 5) is 0. The second-order valence-corrected chi connectivity index (χ2v) is 4.25. The third-order valence-electron chi connectivity index (χ3n) is 2.64. The van der Waals surface area contributed by atoms with E-state index in [9.17, 15) is 0 Å². The Balaban J connectivity index is 4.60. The van der Waals surface area contributed by atoms with Crippen molar-refractivity contribution in [2.75, 3.05) is 6.61 Å². The summed E-state index contributed by atoms with van der Waals surface area (Å²) in [7, 11) is 0. The van der Waals surface area contributed by atoms with Crippen molar-refractivity contribution in [1.82, 2.24) is 0 Å². The van der Waals surface area contributed by atoms with Gasteiger partial charge in [0.05, 0.1) is 12.3 Å². The molecule has 0 aliphatic heterocycles. The highest BCUT2D eigenvalue weighted by atomic mass is 16.3. The highest BCUT2D eigenvalue weighted by Gasteiger charge is 2.28. The summed E-state index contributed by atoms with van der Waals surface area (Å²) in [5, 5.41) is 12.8. The lowest BCUT2D eigenvalue weighted by Gasteiger charge is -2.30. The molecule has 0 amide bonds. The van der Waals surface area contributed by atoms with Crippen molar-refractivity contribution in [1.29, 1.82) is 0 Å². The molecule has 0 rings (SSSR count). The molecule has 13 heavy (non-hydrogen) atoms. The van der Waals surface area contributed by atoms with Gasteiger partial charge in [0.25, 0.3) is 0 Å². The highest BCUT2D eigenvalue weighted by Crippen LogP contribution is 2.31. The predicted molar refractivity (Wildman–Crippen MR) is 56.6 cm³/mol. The van der Waals surface area contributed by atoms with Crippen LogP contribution >= 0.6 is 0 Å². The van der Waals surface area contributed by atoms with Crippen LogP contribution in [-0.2, 0) is 0 Å². The van der Waals surface area contributed by atoms with Gasteiger partial charge in [0.15, 0.2) is 0 Å². The average Bonchev–Trinajstić information content (AvgIpc) is 2.05. The summed E-state index contributed by atoms with van der Waals surface area (Å²) in [5.74, 6) is 5.84. The molecule has 0 bridgehead atoms. The number of nitrogens with two attached hydrogens (primary N) is 1. The normalized spacial score (nSPS) is 17.5. The first-order valence-corrected chi connectivity index (χ1v) is 4.88. The Labute approximate surface area is 81.0 Å². The van der Waals surface area contributed by atoms with E-state index in [1.807, 2.05) is 0 Å². The Kier molecular flexibility index (Phi) is 4.99. The molecule has 0 heterocycles. The van der Waals surface area contributed by atoms with E-state index in [0.29, 0.717) is 11.6 Å². The van der Waals surface area contributed by atoms with Gasteiger partial charge in [-0.2, -0.15) is 5.10 Å². The molecule has 0 aromatic heterocycles. The summed E-state index contributed by atoms with van der Waals surface area (Å²) in [6.07, 6.45) is 1.97. The second kappa shape index (κ2) is 5.22. The molecular weight excluding hydrogens is 164 g/mol. The summed E-state index contributed by atoms with van der Waals surface area (Å²) >= 11 is 0. The van der Waals surface area contributed by atoms with Gasteiger partial charge in [-0.3, -0.25) is 0 Å². The molecule has 0 aliphatic carbocycles. The molecule has 0 aromatic rings. The third-order valence-corrected chi connectivity index (χ3v) is 2.64. The number of aliphatic hydroxyl groups excluding tert-OH is 1. The molecule has 3 nitrogen and oxygen atoms in total. The molecule has 3 N–H and O–H groups in total. The van der Waals surface area contributed by atoms with Gasteiger partial charge in [-0.25, -0.2) is 0 Å². The third kappa shape index (κ3) is 3.35.